The van der Waals surface area contributed by atoms with Crippen molar-refractivity contribution in [2.45, 2.75) is 13.0 Å². The van der Waals surface area contributed by atoms with Gasteiger partial charge in [-0.15, -0.1) is 0 Å². The molecule has 0 bridgehead atoms. The SMILES string of the molecule is Cc1c(C(=O)NCC(O)c2c(F)cccc2F)oc2ccccc12. The molecule has 6 heteroatoms. The lowest BCUT2D eigenvalue weighted by Gasteiger charge is -2.13. The van der Waals surface area contributed by atoms with Crippen molar-refractivity contribution >= 4 is 16.9 Å². The lowest BCUT2D eigenvalue weighted by Crippen LogP contribution is -2.29. The standard InChI is InChI=1S/C18H15F2NO3/c1-10-11-5-2-3-8-15(11)24-17(10)18(23)21-9-14(22)16-12(19)6-4-7-13(16)20/h2-8,14,22H,9H2,1H3,(H,21,23). The Balaban J connectivity index is 1.76. The normalized spacial score (nSPS) is 12.3. The number of hydrogen-bond donors (Lipinski definition) is 2. The van der Waals surface area contributed by atoms with Crippen LogP contribution in [0, 0.1) is 18.6 Å². The number of aliphatic hydroxyl groups excluding tert-OH is 1. The molecule has 0 fully saturated rings. The van der Waals surface area contributed by atoms with Gasteiger partial charge in [-0.25, -0.2) is 8.78 Å². The first-order chi connectivity index (χ1) is 11.5. The van der Waals surface area contributed by atoms with Crippen LogP contribution in [0.4, 0.5) is 8.78 Å². The number of carbonyl (C=O) groups excluding carboxylic acids is 1. The summed E-state index contributed by atoms with van der Waals surface area (Å²) in [6.07, 6.45) is -1.50. The summed E-state index contributed by atoms with van der Waals surface area (Å²) in [5.41, 5.74) is 0.759. The maximum atomic E-state index is 13.6. The molecule has 0 saturated carbocycles. The van der Waals surface area contributed by atoms with Gasteiger partial charge in [-0.2, -0.15) is 0 Å². The Bertz CT molecular complexity index is 884. The van der Waals surface area contributed by atoms with Crippen LogP contribution in [-0.2, 0) is 0 Å². The maximum Gasteiger partial charge on any atom is 0.287 e. The molecule has 1 amide bonds. The minimum atomic E-state index is -1.50. The van der Waals surface area contributed by atoms with E-state index in [0.29, 0.717) is 11.1 Å². The van der Waals surface area contributed by atoms with Gasteiger partial charge >= 0.3 is 0 Å². The van der Waals surface area contributed by atoms with E-state index < -0.39 is 29.2 Å². The topological polar surface area (TPSA) is 62.5 Å². The van der Waals surface area contributed by atoms with Crippen molar-refractivity contribution in [3.8, 4) is 0 Å². The summed E-state index contributed by atoms with van der Waals surface area (Å²) in [5.74, 6) is -2.18. The van der Waals surface area contributed by atoms with Crippen LogP contribution in [0.2, 0.25) is 0 Å². The highest BCUT2D eigenvalue weighted by Crippen LogP contribution is 2.25. The van der Waals surface area contributed by atoms with E-state index in [1.54, 1.807) is 19.1 Å². The predicted octanol–water partition coefficient (Wildman–Crippen LogP) is 3.48. The highest BCUT2D eigenvalue weighted by molar-refractivity contribution is 5.98. The van der Waals surface area contributed by atoms with E-state index >= 15 is 0 Å². The number of benzene rings is 2. The fraction of sp³-hybridized carbons (Fsp3) is 0.167. The van der Waals surface area contributed by atoms with Crippen molar-refractivity contribution in [2.75, 3.05) is 6.54 Å². The average molecular weight is 331 g/mol. The van der Waals surface area contributed by atoms with Gasteiger partial charge in [0.15, 0.2) is 5.76 Å². The van der Waals surface area contributed by atoms with Crippen LogP contribution in [-0.4, -0.2) is 17.6 Å². The van der Waals surface area contributed by atoms with E-state index in [4.69, 9.17) is 4.42 Å². The summed E-state index contributed by atoms with van der Waals surface area (Å²) in [6.45, 7) is 1.40. The fourth-order valence-corrected chi connectivity index (χ4v) is 2.59. The number of hydrogen-bond acceptors (Lipinski definition) is 3. The fourth-order valence-electron chi connectivity index (χ4n) is 2.59. The summed E-state index contributed by atoms with van der Waals surface area (Å²) in [4.78, 5) is 12.2. The second kappa shape index (κ2) is 6.41. The number of para-hydroxylation sites is 1. The summed E-state index contributed by atoms with van der Waals surface area (Å²) < 4.78 is 32.7. The molecule has 0 spiro atoms. The molecule has 3 aromatic rings. The third kappa shape index (κ3) is 2.88. The second-order valence-corrected chi connectivity index (χ2v) is 5.41. The van der Waals surface area contributed by atoms with E-state index in [1.807, 2.05) is 12.1 Å². The highest BCUT2D eigenvalue weighted by Gasteiger charge is 2.21. The van der Waals surface area contributed by atoms with Gasteiger partial charge in [0.1, 0.15) is 23.3 Å². The van der Waals surface area contributed by atoms with Crippen molar-refractivity contribution in [1.29, 1.82) is 0 Å². The van der Waals surface area contributed by atoms with Gasteiger partial charge in [-0.05, 0) is 25.1 Å². The largest absolute Gasteiger partial charge is 0.451 e. The third-order valence-corrected chi connectivity index (χ3v) is 3.84. The molecule has 1 aromatic heterocycles. The molecule has 0 saturated heterocycles. The van der Waals surface area contributed by atoms with Crippen molar-refractivity contribution in [2.24, 2.45) is 0 Å². The van der Waals surface area contributed by atoms with E-state index in [9.17, 15) is 18.7 Å². The molecular formula is C18H15F2NO3. The Morgan fingerprint density at radius 2 is 1.83 bits per heavy atom. The number of amides is 1. The first-order valence-corrected chi connectivity index (χ1v) is 7.37. The van der Waals surface area contributed by atoms with Crippen LogP contribution in [0.5, 0.6) is 0 Å². The number of fused-ring (bicyclic) bond motifs is 1. The van der Waals surface area contributed by atoms with Crippen LogP contribution in [0.1, 0.15) is 27.8 Å². The zero-order valence-corrected chi connectivity index (χ0v) is 12.8. The van der Waals surface area contributed by atoms with Gasteiger partial charge in [0.25, 0.3) is 5.91 Å². The van der Waals surface area contributed by atoms with Crippen LogP contribution in [0.3, 0.4) is 0 Å². The van der Waals surface area contributed by atoms with Crippen molar-refractivity contribution in [1.82, 2.24) is 5.32 Å². The Hall–Kier alpha value is -2.73. The van der Waals surface area contributed by atoms with Gasteiger partial charge in [-0.1, -0.05) is 24.3 Å². The summed E-state index contributed by atoms with van der Waals surface area (Å²) in [6, 6.07) is 10.5. The minimum Gasteiger partial charge on any atom is -0.451 e. The van der Waals surface area contributed by atoms with E-state index in [0.717, 1.165) is 17.5 Å². The molecule has 0 aliphatic heterocycles. The Morgan fingerprint density at radius 1 is 1.17 bits per heavy atom. The number of rotatable bonds is 4. The first-order valence-electron chi connectivity index (χ1n) is 7.37. The highest BCUT2D eigenvalue weighted by atomic mass is 19.1. The molecule has 4 nitrogen and oxygen atoms in total. The number of aryl methyl sites for hydroxylation is 1. The molecule has 124 valence electrons. The summed E-state index contributed by atoms with van der Waals surface area (Å²) in [7, 11) is 0. The lowest BCUT2D eigenvalue weighted by atomic mass is 10.1. The average Bonchev–Trinajstić information content (AvgIpc) is 2.90. The molecule has 0 aliphatic carbocycles. The van der Waals surface area contributed by atoms with Crippen LogP contribution in [0.15, 0.2) is 46.9 Å². The van der Waals surface area contributed by atoms with E-state index in [2.05, 4.69) is 5.32 Å². The van der Waals surface area contributed by atoms with Crippen LogP contribution < -0.4 is 5.32 Å². The molecule has 1 atom stereocenters. The zero-order valence-electron chi connectivity index (χ0n) is 12.8. The molecule has 1 heterocycles. The lowest BCUT2D eigenvalue weighted by molar-refractivity contribution is 0.0885. The minimum absolute atomic E-state index is 0.109. The van der Waals surface area contributed by atoms with Crippen molar-refractivity contribution < 1.29 is 23.1 Å². The number of carbonyl (C=O) groups is 1. The van der Waals surface area contributed by atoms with Gasteiger partial charge in [0, 0.05) is 17.5 Å². The van der Waals surface area contributed by atoms with Crippen LogP contribution in [0.25, 0.3) is 11.0 Å². The maximum absolute atomic E-state index is 13.6. The Labute approximate surface area is 136 Å². The van der Waals surface area contributed by atoms with Gasteiger partial charge in [-0.3, -0.25) is 4.79 Å². The second-order valence-electron chi connectivity index (χ2n) is 5.41. The van der Waals surface area contributed by atoms with Crippen LogP contribution >= 0.6 is 0 Å². The molecule has 0 radical (unpaired) electrons. The zero-order chi connectivity index (χ0) is 17.3. The number of aliphatic hydroxyl groups is 1. The summed E-state index contributed by atoms with van der Waals surface area (Å²) in [5, 5.41) is 13.2. The third-order valence-electron chi connectivity index (χ3n) is 3.84. The van der Waals surface area contributed by atoms with E-state index in [-0.39, 0.29) is 12.3 Å². The smallest absolute Gasteiger partial charge is 0.287 e. The van der Waals surface area contributed by atoms with Crippen molar-refractivity contribution in [3.63, 3.8) is 0 Å². The van der Waals surface area contributed by atoms with E-state index in [1.165, 1.54) is 6.07 Å². The number of halogens is 2. The Morgan fingerprint density at radius 3 is 2.50 bits per heavy atom. The monoisotopic (exact) mass is 331 g/mol. The number of furan rings is 1. The van der Waals surface area contributed by atoms with Gasteiger partial charge < -0.3 is 14.8 Å². The molecule has 3 rings (SSSR count). The molecule has 24 heavy (non-hydrogen) atoms. The molecule has 2 N–H and O–H groups in total. The van der Waals surface area contributed by atoms with Crippen molar-refractivity contribution in [3.05, 3.63) is 71.0 Å². The van der Waals surface area contributed by atoms with Gasteiger partial charge in [0.2, 0.25) is 0 Å². The molecule has 2 aromatic carbocycles. The summed E-state index contributed by atoms with van der Waals surface area (Å²) >= 11 is 0. The Kier molecular flexibility index (Phi) is 4.31. The van der Waals surface area contributed by atoms with Gasteiger partial charge in [0.05, 0.1) is 5.56 Å². The number of nitrogens with one attached hydrogen (secondary N) is 1. The first kappa shape index (κ1) is 16.1. The molecule has 1 unspecified atom stereocenters. The quantitative estimate of drug-likeness (QED) is 0.769. The molecular weight excluding hydrogens is 316 g/mol. The predicted molar refractivity (Wildman–Crippen MR) is 84.6 cm³/mol. The molecule has 0 aliphatic rings.